The lowest BCUT2D eigenvalue weighted by atomic mass is 10.0. The molecule has 14 atom stereocenters. The SMILES string of the molecule is CCCCC(CC)COP(=S)(OCC(CC)CCCC)SCC(C)OP(=S)(OC(C)CSP(=S)(OCC(CC)CCCC)OCC(CC)CCCC)SCC(C)OP(=S)(OC(C)CSP(=S)(OC(C)CSP(=S)(OCC(CC)CCCC)OCC(CC)CCCC)OC(C)CSP(=S)(OCC(CC)CCCC)OCC(CC)CCCC)SCCC(=O)O. The number of aliphatic carboxylic acids is 1. The summed E-state index contributed by atoms with van der Waals surface area (Å²) in [4.78, 5) is 12.3. The molecule has 0 saturated carbocycles. The number of carbonyl (C=O) groups is 1. The highest BCUT2D eigenvalue weighted by molar-refractivity contribution is 8.70. The van der Waals surface area contributed by atoms with Crippen molar-refractivity contribution in [3.05, 3.63) is 0 Å². The predicted octanol–water partition coefficient (Wildman–Crippen LogP) is 34.5. The van der Waals surface area contributed by atoms with Crippen LogP contribution in [-0.4, -0.2) is 141 Å². The number of hydrogen-bond donors (Lipinski definition) is 1. The fourth-order valence-corrected chi connectivity index (χ4v) is 47.0. The molecule has 732 valence electrons. The summed E-state index contributed by atoms with van der Waals surface area (Å²) in [6.45, 7) is 52.0. The van der Waals surface area contributed by atoms with Crippen LogP contribution in [0, 0.1) is 47.3 Å². The average Bonchev–Trinajstić information content (AvgIpc) is 0.843. The van der Waals surface area contributed by atoms with Crippen LogP contribution in [0.5, 0.6) is 0 Å². The van der Waals surface area contributed by atoms with E-state index < -0.39 is 82.4 Å². The van der Waals surface area contributed by atoms with Crippen LogP contribution in [0.3, 0.4) is 0 Å². The van der Waals surface area contributed by atoms with Gasteiger partial charge in [-0.15, -0.1) is 0 Å². The Balaban J connectivity index is 7.97. The van der Waals surface area contributed by atoms with Gasteiger partial charge >= 0.3 is 5.97 Å². The van der Waals surface area contributed by atoms with Gasteiger partial charge in [0, 0.05) is 40.3 Å². The second kappa shape index (κ2) is 76.7. The molecule has 0 aromatic rings. The predicted molar refractivity (Wildman–Crippen MR) is 577 cm³/mol. The van der Waals surface area contributed by atoms with Crippen molar-refractivity contribution in [2.75, 3.05) is 93.1 Å². The molecule has 0 aromatic heterocycles. The van der Waals surface area contributed by atoms with Crippen LogP contribution in [0.1, 0.15) is 364 Å². The summed E-state index contributed by atoms with van der Waals surface area (Å²) in [6.07, 6.45) is 31.6. The maximum atomic E-state index is 12.3. The lowest BCUT2D eigenvalue weighted by Crippen LogP contribution is -2.18. The number of rotatable bonds is 90. The quantitative estimate of drug-likeness (QED) is 0.0571. The summed E-state index contributed by atoms with van der Waals surface area (Å²) in [5.74, 6) is 4.71. The molecule has 0 bridgehead atoms. The molecule has 0 fully saturated rings. The first-order valence-electron chi connectivity index (χ1n) is 47.2. The van der Waals surface area contributed by atoms with Crippen molar-refractivity contribution in [3.63, 3.8) is 0 Å². The van der Waals surface area contributed by atoms with Gasteiger partial charge in [-0.3, -0.25) is 4.79 Å². The minimum atomic E-state index is -3.37. The first-order valence-corrected chi connectivity index (χ1v) is 76.8. The van der Waals surface area contributed by atoms with E-state index >= 15 is 0 Å². The van der Waals surface area contributed by atoms with E-state index in [0.717, 1.165) is 205 Å². The van der Waals surface area contributed by atoms with Gasteiger partial charge in [-0.1, -0.05) is 345 Å². The molecule has 0 aliphatic heterocycles. The Kier molecular flexibility index (Phi) is 80.5. The molecule has 14 unspecified atom stereocenters. The first-order chi connectivity index (χ1) is 58.0. The summed E-state index contributed by atoms with van der Waals surface area (Å²) >= 11 is 56.1. The highest BCUT2D eigenvalue weighted by Crippen LogP contribution is 2.71. The zero-order chi connectivity index (χ0) is 92.0. The molecular weight excluding hydrogens is 1940 g/mol. The second-order valence-electron chi connectivity index (χ2n) is 33.1. The monoisotopic (exact) mass is 2120 g/mol. The molecule has 0 aliphatic rings. The lowest BCUT2D eigenvalue weighted by molar-refractivity contribution is -0.136. The Labute approximate surface area is 814 Å². The number of unbranched alkanes of at least 4 members (excludes halogenated alkanes) is 8. The molecular formula is C85H177O16P7S14. The van der Waals surface area contributed by atoms with Gasteiger partial charge in [0.2, 0.25) is 39.9 Å². The van der Waals surface area contributed by atoms with Gasteiger partial charge in [-0.25, -0.2) is 0 Å². The van der Waals surface area contributed by atoms with Gasteiger partial charge in [0.25, 0.3) is 0 Å². The van der Waals surface area contributed by atoms with E-state index in [0.29, 0.717) is 135 Å². The molecule has 0 heterocycles. The van der Waals surface area contributed by atoms with Crippen molar-refractivity contribution >= 4 is 208 Å². The summed E-state index contributed by atoms with van der Waals surface area (Å²) in [5.41, 5.74) is -21.4. The van der Waals surface area contributed by atoms with Crippen LogP contribution in [0.4, 0.5) is 0 Å². The van der Waals surface area contributed by atoms with Crippen LogP contribution in [-0.2, 0) is 151 Å². The Morgan fingerprint density at radius 1 is 0.246 bits per heavy atom. The third kappa shape index (κ3) is 64.2. The molecule has 0 rings (SSSR count). The molecule has 122 heavy (non-hydrogen) atoms. The molecule has 0 amide bonds. The van der Waals surface area contributed by atoms with Crippen molar-refractivity contribution in [3.8, 4) is 0 Å². The van der Waals surface area contributed by atoms with Crippen LogP contribution in [0.15, 0.2) is 0 Å². The zero-order valence-corrected chi connectivity index (χ0v) is 97.6. The molecule has 16 nitrogen and oxygen atoms in total. The molecule has 0 aromatic carbocycles. The Hall–Kier alpha value is 5.91. The van der Waals surface area contributed by atoms with Crippen LogP contribution >= 0.6 is 120 Å². The van der Waals surface area contributed by atoms with Crippen molar-refractivity contribution in [2.45, 2.75) is 401 Å². The van der Waals surface area contributed by atoms with Crippen LogP contribution in [0.25, 0.3) is 0 Å². The van der Waals surface area contributed by atoms with E-state index in [1.54, 1.807) is 45.5 Å². The van der Waals surface area contributed by atoms with Gasteiger partial charge in [0.05, 0.1) is 95.9 Å². The summed E-state index contributed by atoms with van der Waals surface area (Å²) in [6, 6.07) is 0. The fraction of sp³-hybridized carbons (Fsp3) is 0.988. The summed E-state index contributed by atoms with van der Waals surface area (Å²) in [5, 5.41) is 10.1. The molecule has 0 spiro atoms. The van der Waals surface area contributed by atoms with E-state index in [1.807, 2.05) is 41.5 Å². The number of hydrogen-bond acceptors (Lipinski definition) is 29. The fourth-order valence-electron chi connectivity index (χ4n) is 12.4. The normalized spacial score (nSPS) is 19.3. The molecule has 0 radical (unpaired) electrons. The minimum Gasteiger partial charge on any atom is -0.481 e. The highest BCUT2D eigenvalue weighted by Gasteiger charge is 2.37. The minimum absolute atomic E-state index is 0.148. The Morgan fingerprint density at radius 2 is 0.385 bits per heavy atom. The first kappa shape index (κ1) is 128. The highest BCUT2D eigenvalue weighted by atomic mass is 32.9. The number of carboxylic acids is 1. The van der Waals surface area contributed by atoms with Crippen molar-refractivity contribution in [2.24, 2.45) is 47.3 Å². The van der Waals surface area contributed by atoms with E-state index in [4.69, 9.17) is 146 Å². The Morgan fingerprint density at radius 3 is 0.516 bits per heavy atom. The Bertz CT molecular complexity index is 2520. The van der Waals surface area contributed by atoms with Crippen molar-refractivity contribution in [1.82, 2.24) is 0 Å². The van der Waals surface area contributed by atoms with Gasteiger partial charge < -0.3 is 68.4 Å². The lowest BCUT2D eigenvalue weighted by Gasteiger charge is -2.32. The van der Waals surface area contributed by atoms with Gasteiger partial charge in [0.15, 0.2) is 0 Å². The maximum Gasteiger partial charge on any atom is 0.304 e. The van der Waals surface area contributed by atoms with Crippen LogP contribution < -0.4 is 0 Å². The second-order valence-corrected chi connectivity index (χ2v) is 77.3. The van der Waals surface area contributed by atoms with Crippen molar-refractivity contribution in [1.29, 1.82) is 0 Å². The van der Waals surface area contributed by atoms with Crippen LogP contribution in [0.2, 0.25) is 0 Å². The largest absolute Gasteiger partial charge is 0.481 e. The molecule has 1 N–H and O–H groups in total. The van der Waals surface area contributed by atoms with E-state index in [9.17, 15) is 9.90 Å². The topological polar surface area (TPSA) is 167 Å². The van der Waals surface area contributed by atoms with Gasteiger partial charge in [-0.2, -0.15) is 0 Å². The standard InChI is InChI=1S/C85H177O16P7S14/c1-23-39-47-77(31-9)57-88-102(109,89-58-78(32-10)48-40-24-2)117-65-71(17)98-107(114,99-72(18)66-118-103(110,90-59-79(33-11)49-41-25-3)91-60-80(34-12)50-42-26-4)121-69-75(21)96-106(113,116-56-55-85(86)87)97-76(22)70-122-108(115,100-73(19)67-119-104(111,92-61-81(35-13)51-43-27-5)93-62-82(36-14)52-44-28-6)101-74(20)68-120-105(112,94-63-83(37-15)53-45-29-7)95-64-84(38-16)54-46-30-8/h71-84H,23-70H2,1-22H3,(H,86,87). The zero-order valence-electron chi connectivity index (χ0n) is 79.9. The third-order valence-electron chi connectivity index (χ3n) is 21.3. The van der Waals surface area contributed by atoms with Gasteiger partial charge in [0.1, 0.15) is 0 Å². The summed E-state index contributed by atoms with van der Waals surface area (Å²) in [7, 11) is 0. The van der Waals surface area contributed by atoms with E-state index in [1.165, 1.54) is 34.1 Å². The van der Waals surface area contributed by atoms with E-state index in [2.05, 4.69) is 111 Å². The van der Waals surface area contributed by atoms with Crippen molar-refractivity contribution < 1.29 is 73.2 Å². The van der Waals surface area contributed by atoms with E-state index in [-0.39, 0.29) is 12.2 Å². The average molecular weight is 2120 g/mol. The molecule has 0 saturated heterocycles. The van der Waals surface area contributed by atoms with Gasteiger partial charge in [-0.05, 0) is 223 Å². The molecule has 0 aliphatic carbocycles. The summed E-state index contributed by atoms with van der Waals surface area (Å²) < 4.78 is 97.0. The number of carboxylic acid groups (broad SMARTS) is 1. The third-order valence-corrected chi connectivity index (χ3v) is 59.7. The maximum absolute atomic E-state index is 12.3. The smallest absolute Gasteiger partial charge is 0.304 e. The molecule has 37 heteroatoms.